The van der Waals surface area contributed by atoms with Gasteiger partial charge < -0.3 is 19.7 Å². The zero-order valence-corrected chi connectivity index (χ0v) is 19.7. The molecule has 0 aliphatic rings. The van der Waals surface area contributed by atoms with E-state index in [2.05, 4.69) is 10.3 Å². The Morgan fingerprint density at radius 1 is 1.19 bits per heavy atom. The van der Waals surface area contributed by atoms with Crippen LogP contribution in [0.5, 0.6) is 5.88 Å². The molecule has 0 spiro atoms. The monoisotopic (exact) mass is 487 g/mol. The number of carbonyl (C=O) groups excluding carboxylic acids is 2. The zero-order chi connectivity index (χ0) is 22.5. The van der Waals surface area contributed by atoms with Crippen molar-refractivity contribution in [2.24, 2.45) is 0 Å². The number of anilines is 1. The van der Waals surface area contributed by atoms with Crippen molar-refractivity contribution in [1.29, 1.82) is 0 Å². The molecule has 0 atom stereocenters. The number of amides is 1. The maximum absolute atomic E-state index is 12.6. The molecule has 1 amide bonds. The molecule has 4 aromatic rings. The molecule has 0 aliphatic carbocycles. The van der Waals surface area contributed by atoms with Gasteiger partial charge in [0.25, 0.3) is 0 Å². The van der Waals surface area contributed by atoms with Crippen LogP contribution in [0.4, 0.5) is 5.13 Å². The molecule has 3 aromatic heterocycles. The number of thioether (sulfide) groups is 1. The third kappa shape index (κ3) is 5.14. The molecule has 0 radical (unpaired) electrons. The lowest BCUT2D eigenvalue weighted by molar-refractivity contribution is -0.142. The van der Waals surface area contributed by atoms with E-state index >= 15 is 0 Å². The number of hydrogen-bond donors (Lipinski definition) is 2. The van der Waals surface area contributed by atoms with Gasteiger partial charge in [-0.3, -0.25) is 9.59 Å². The predicted molar refractivity (Wildman–Crippen MR) is 129 cm³/mol. The summed E-state index contributed by atoms with van der Waals surface area (Å²) in [5, 5.41) is 20.3. The Bertz CT molecular complexity index is 1230. The summed E-state index contributed by atoms with van der Waals surface area (Å²) < 4.78 is 6.76. The Morgan fingerprint density at radius 2 is 2.00 bits per heavy atom. The maximum Gasteiger partial charge on any atom is 0.311 e. The number of ether oxygens (including phenoxy) is 1. The first-order valence-corrected chi connectivity index (χ1v) is 12.6. The molecule has 0 unspecified atom stereocenters. The van der Waals surface area contributed by atoms with Gasteiger partial charge in [0.1, 0.15) is 0 Å². The Labute approximate surface area is 197 Å². The highest BCUT2D eigenvalue weighted by molar-refractivity contribution is 8.00. The molecule has 10 heteroatoms. The third-order valence-corrected chi connectivity index (χ3v) is 7.35. The van der Waals surface area contributed by atoms with E-state index in [-0.39, 0.29) is 29.9 Å². The van der Waals surface area contributed by atoms with Crippen LogP contribution in [0, 0.1) is 0 Å². The van der Waals surface area contributed by atoms with Crippen molar-refractivity contribution in [2.75, 3.05) is 17.7 Å². The molecular weight excluding hydrogens is 466 g/mol. The van der Waals surface area contributed by atoms with Gasteiger partial charge in [0.15, 0.2) is 11.0 Å². The van der Waals surface area contributed by atoms with Crippen LogP contribution in [0.1, 0.15) is 17.5 Å². The average molecular weight is 488 g/mol. The van der Waals surface area contributed by atoms with Crippen LogP contribution in [-0.2, 0) is 27.3 Å². The minimum Gasteiger partial charge on any atom is -0.494 e. The summed E-state index contributed by atoms with van der Waals surface area (Å²) in [6.45, 7) is 2.61. The molecule has 0 saturated carbocycles. The molecular formula is C22H21N3O4S3. The maximum atomic E-state index is 12.6. The normalized spacial score (nSPS) is 11.0. The van der Waals surface area contributed by atoms with E-state index in [1.54, 1.807) is 23.6 Å². The molecule has 32 heavy (non-hydrogen) atoms. The Morgan fingerprint density at radius 3 is 2.75 bits per heavy atom. The second kappa shape index (κ2) is 10.2. The fourth-order valence-corrected chi connectivity index (χ4v) is 5.61. The van der Waals surface area contributed by atoms with Gasteiger partial charge in [0.05, 0.1) is 36.0 Å². The van der Waals surface area contributed by atoms with Crippen LogP contribution in [-0.4, -0.2) is 38.9 Å². The molecule has 4 rings (SSSR count). The number of hydrogen-bond acceptors (Lipinski definition) is 8. The lowest BCUT2D eigenvalue weighted by atomic mass is 10.2. The molecule has 3 heterocycles. The van der Waals surface area contributed by atoms with Crippen LogP contribution in [0.2, 0.25) is 0 Å². The fourth-order valence-electron chi connectivity index (χ4n) is 3.21. The summed E-state index contributed by atoms with van der Waals surface area (Å²) in [6, 6.07) is 11.6. The Hall–Kier alpha value is -2.82. The average Bonchev–Trinajstić information content (AvgIpc) is 3.50. The van der Waals surface area contributed by atoms with Gasteiger partial charge in [-0.15, -0.1) is 22.7 Å². The Kier molecular flexibility index (Phi) is 7.13. The lowest BCUT2D eigenvalue weighted by Gasteiger charge is -2.09. The van der Waals surface area contributed by atoms with Crippen molar-refractivity contribution in [1.82, 2.24) is 9.55 Å². The van der Waals surface area contributed by atoms with Gasteiger partial charge in [-0.25, -0.2) is 4.98 Å². The molecule has 2 N–H and O–H groups in total. The lowest BCUT2D eigenvalue weighted by Crippen LogP contribution is -2.14. The highest BCUT2D eigenvalue weighted by Crippen LogP contribution is 2.38. The van der Waals surface area contributed by atoms with Crippen molar-refractivity contribution in [3.8, 4) is 5.88 Å². The highest BCUT2D eigenvalue weighted by Gasteiger charge is 2.19. The number of thiazole rings is 1. The van der Waals surface area contributed by atoms with Crippen LogP contribution in [0.25, 0.3) is 10.8 Å². The van der Waals surface area contributed by atoms with Crippen LogP contribution >= 0.6 is 34.4 Å². The first-order valence-electron chi connectivity index (χ1n) is 9.90. The number of thiophene rings is 1. The van der Waals surface area contributed by atoms with E-state index in [4.69, 9.17) is 4.74 Å². The number of esters is 1. The first-order chi connectivity index (χ1) is 15.5. The van der Waals surface area contributed by atoms with E-state index in [0.717, 1.165) is 20.7 Å². The second-order valence-electron chi connectivity index (χ2n) is 6.80. The van der Waals surface area contributed by atoms with Crippen LogP contribution in [0.15, 0.2) is 52.2 Å². The van der Waals surface area contributed by atoms with Crippen molar-refractivity contribution < 1.29 is 19.4 Å². The minimum absolute atomic E-state index is 0.0798. The quantitative estimate of drug-likeness (QED) is 0.261. The minimum atomic E-state index is -0.343. The smallest absolute Gasteiger partial charge is 0.311 e. The van der Waals surface area contributed by atoms with E-state index in [0.29, 0.717) is 24.0 Å². The van der Waals surface area contributed by atoms with Crippen molar-refractivity contribution in [3.05, 3.63) is 57.7 Å². The van der Waals surface area contributed by atoms with E-state index in [1.165, 1.54) is 23.1 Å². The number of aromatic nitrogens is 2. The number of rotatable bonds is 9. The predicted octanol–water partition coefficient (Wildman–Crippen LogP) is 4.75. The van der Waals surface area contributed by atoms with E-state index < -0.39 is 0 Å². The number of benzene rings is 1. The molecule has 166 valence electrons. The number of fused-ring (bicyclic) bond motifs is 1. The largest absolute Gasteiger partial charge is 0.494 e. The summed E-state index contributed by atoms with van der Waals surface area (Å²) in [7, 11) is 0. The number of aromatic hydroxyl groups is 1. The SMILES string of the molecule is CCOC(=O)Cc1csc(NC(=O)CSc2c3ccccc3c(O)n2Cc2cccs2)n1. The highest BCUT2D eigenvalue weighted by atomic mass is 32.2. The van der Waals surface area contributed by atoms with Gasteiger partial charge in [0, 0.05) is 21.0 Å². The van der Waals surface area contributed by atoms with Crippen molar-refractivity contribution in [3.63, 3.8) is 0 Å². The zero-order valence-electron chi connectivity index (χ0n) is 17.2. The van der Waals surface area contributed by atoms with Gasteiger partial charge in [-0.05, 0) is 24.4 Å². The fraction of sp³-hybridized carbons (Fsp3) is 0.227. The summed E-state index contributed by atoms with van der Waals surface area (Å²) in [5.41, 5.74) is 0.567. The Balaban J connectivity index is 1.45. The van der Waals surface area contributed by atoms with Gasteiger partial charge >= 0.3 is 5.97 Å². The van der Waals surface area contributed by atoms with Crippen molar-refractivity contribution >= 4 is 62.2 Å². The van der Waals surface area contributed by atoms with E-state index in [1.807, 2.05) is 46.3 Å². The standard InChI is InChI=1S/C22H21N3O4S3/c1-2-29-19(27)10-14-12-32-22(23-14)24-18(26)13-31-21-17-8-4-3-7-16(17)20(28)25(21)11-15-6-5-9-30-15/h3-9,12,28H,2,10-11,13H2,1H3,(H,23,24,26). The van der Waals surface area contributed by atoms with Crippen LogP contribution < -0.4 is 5.32 Å². The van der Waals surface area contributed by atoms with Crippen molar-refractivity contribution in [2.45, 2.75) is 24.9 Å². The number of carbonyl (C=O) groups is 2. The topological polar surface area (TPSA) is 93.5 Å². The number of nitrogens with one attached hydrogen (secondary N) is 1. The number of nitrogens with zero attached hydrogens (tertiary/aromatic N) is 2. The first kappa shape index (κ1) is 22.4. The van der Waals surface area contributed by atoms with Gasteiger partial charge in [0.2, 0.25) is 5.91 Å². The molecule has 1 aromatic carbocycles. The van der Waals surface area contributed by atoms with Crippen LogP contribution in [0.3, 0.4) is 0 Å². The summed E-state index contributed by atoms with van der Waals surface area (Å²) in [6.07, 6.45) is 0.0798. The molecule has 7 nitrogen and oxygen atoms in total. The molecule has 0 saturated heterocycles. The summed E-state index contributed by atoms with van der Waals surface area (Å²) >= 11 is 4.26. The second-order valence-corrected chi connectivity index (χ2v) is 9.66. The summed E-state index contributed by atoms with van der Waals surface area (Å²) in [5.74, 6) is -0.200. The molecule has 0 aliphatic heterocycles. The summed E-state index contributed by atoms with van der Waals surface area (Å²) in [4.78, 5) is 29.5. The van der Waals surface area contributed by atoms with E-state index in [9.17, 15) is 14.7 Å². The third-order valence-electron chi connectivity index (χ3n) is 4.56. The van der Waals surface area contributed by atoms with Gasteiger partial charge in [-0.1, -0.05) is 36.0 Å². The van der Waals surface area contributed by atoms with Gasteiger partial charge in [-0.2, -0.15) is 0 Å². The molecule has 0 bridgehead atoms. The molecule has 0 fully saturated rings.